The highest BCUT2D eigenvalue weighted by molar-refractivity contribution is 6.46. The Morgan fingerprint density at radius 2 is 1.74 bits per heavy atom. The lowest BCUT2D eigenvalue weighted by atomic mass is 9.95. The number of carbonyl (C=O) groups excluding carboxylic acids is 2. The molecule has 2 saturated heterocycles. The molecule has 0 aliphatic carbocycles. The Morgan fingerprint density at radius 3 is 2.40 bits per heavy atom. The van der Waals surface area contributed by atoms with E-state index in [2.05, 4.69) is 4.90 Å². The van der Waals surface area contributed by atoms with Gasteiger partial charge in [0.2, 0.25) is 0 Å². The lowest BCUT2D eigenvalue weighted by Crippen LogP contribution is -2.38. The van der Waals surface area contributed by atoms with Crippen molar-refractivity contribution in [3.8, 4) is 5.75 Å². The Morgan fingerprint density at radius 1 is 1.06 bits per heavy atom. The molecule has 0 aromatic heterocycles. The first-order valence-corrected chi connectivity index (χ1v) is 12.1. The molecule has 4 rings (SSSR count). The first-order chi connectivity index (χ1) is 17.0. The Bertz CT molecular complexity index is 1060. The zero-order valence-corrected chi connectivity index (χ0v) is 19.9. The smallest absolute Gasteiger partial charge is 0.295 e. The predicted molar refractivity (Wildman–Crippen MR) is 130 cm³/mol. The van der Waals surface area contributed by atoms with Crippen molar-refractivity contribution in [1.82, 2.24) is 9.80 Å². The van der Waals surface area contributed by atoms with Crippen molar-refractivity contribution in [3.05, 3.63) is 71.0 Å². The van der Waals surface area contributed by atoms with E-state index in [0.717, 1.165) is 26.1 Å². The Hall–Kier alpha value is -3.23. The van der Waals surface area contributed by atoms with Crippen LogP contribution in [0.2, 0.25) is 0 Å². The number of morpholine rings is 1. The summed E-state index contributed by atoms with van der Waals surface area (Å²) in [6, 6.07) is 11.7. The number of carbonyl (C=O) groups is 2. The number of benzene rings is 2. The molecule has 2 heterocycles. The lowest BCUT2D eigenvalue weighted by molar-refractivity contribution is -0.140. The van der Waals surface area contributed by atoms with Crippen LogP contribution in [0.1, 0.15) is 36.9 Å². The van der Waals surface area contributed by atoms with Gasteiger partial charge in [-0.2, -0.15) is 0 Å². The first kappa shape index (κ1) is 24.9. The van der Waals surface area contributed by atoms with Crippen LogP contribution in [0.5, 0.6) is 5.75 Å². The van der Waals surface area contributed by atoms with Gasteiger partial charge in [-0.05, 0) is 54.8 Å². The number of amides is 1. The molecular weight excluding hydrogens is 451 g/mol. The highest BCUT2D eigenvalue weighted by atomic mass is 19.1. The van der Waals surface area contributed by atoms with Gasteiger partial charge < -0.3 is 19.5 Å². The van der Waals surface area contributed by atoms with Crippen molar-refractivity contribution in [2.75, 3.05) is 46.0 Å². The van der Waals surface area contributed by atoms with Crippen molar-refractivity contribution in [1.29, 1.82) is 0 Å². The van der Waals surface area contributed by atoms with Gasteiger partial charge in [-0.3, -0.25) is 14.5 Å². The Balaban J connectivity index is 1.64. The fourth-order valence-electron chi connectivity index (χ4n) is 4.48. The van der Waals surface area contributed by atoms with Crippen LogP contribution in [0.3, 0.4) is 0 Å². The minimum atomic E-state index is -0.745. The number of likely N-dealkylation sites (tertiary alicyclic amines) is 1. The topological polar surface area (TPSA) is 79.3 Å². The maximum Gasteiger partial charge on any atom is 0.295 e. The van der Waals surface area contributed by atoms with Crippen molar-refractivity contribution in [2.45, 2.75) is 25.8 Å². The predicted octanol–water partition coefficient (Wildman–Crippen LogP) is 3.76. The maximum absolute atomic E-state index is 13.4. The van der Waals surface area contributed by atoms with E-state index in [0.29, 0.717) is 44.1 Å². The van der Waals surface area contributed by atoms with Crippen LogP contribution in [0.4, 0.5) is 4.39 Å². The van der Waals surface area contributed by atoms with Gasteiger partial charge >= 0.3 is 0 Å². The molecule has 2 aromatic rings. The summed E-state index contributed by atoms with van der Waals surface area (Å²) < 4.78 is 24.5. The molecule has 0 saturated carbocycles. The van der Waals surface area contributed by atoms with Crippen LogP contribution < -0.4 is 4.74 Å². The summed E-state index contributed by atoms with van der Waals surface area (Å²) in [5, 5.41) is 11.1. The standard InChI is InChI=1S/C27H31FN2O5/c1-2-16-35-22-10-6-19(7-11-22)24-23(25(31)20-4-8-21(28)9-5-20)26(32)27(33)30(24)13-3-12-29-14-17-34-18-15-29/h4-11,24,31H,2-3,12-18H2,1H3/b25-23+/t24-/m0/s1. The number of aliphatic hydroxyl groups excluding tert-OH is 1. The minimum absolute atomic E-state index is 0.00945. The van der Waals surface area contributed by atoms with E-state index in [9.17, 15) is 19.1 Å². The van der Waals surface area contributed by atoms with Crippen molar-refractivity contribution >= 4 is 17.4 Å². The van der Waals surface area contributed by atoms with Gasteiger partial charge in [-0.15, -0.1) is 0 Å². The van der Waals surface area contributed by atoms with Gasteiger partial charge in [0.1, 0.15) is 17.3 Å². The maximum atomic E-state index is 13.4. The van der Waals surface area contributed by atoms with E-state index in [4.69, 9.17) is 9.47 Å². The normalized spacial score (nSPS) is 20.4. The number of halogens is 1. The SMILES string of the molecule is CCCOc1ccc([C@H]2/C(=C(\O)c3ccc(F)cc3)C(=O)C(=O)N2CCCN2CCOCC2)cc1. The third-order valence-corrected chi connectivity index (χ3v) is 6.30. The fraction of sp³-hybridized carbons (Fsp3) is 0.407. The van der Waals surface area contributed by atoms with E-state index in [1.54, 1.807) is 12.1 Å². The largest absolute Gasteiger partial charge is 0.507 e. The van der Waals surface area contributed by atoms with Gasteiger partial charge in [0.05, 0.1) is 31.4 Å². The number of aliphatic hydroxyl groups is 1. The van der Waals surface area contributed by atoms with E-state index < -0.39 is 23.5 Å². The molecule has 186 valence electrons. The summed E-state index contributed by atoms with van der Waals surface area (Å²) in [4.78, 5) is 30.0. The Kier molecular flexibility index (Phi) is 8.15. The van der Waals surface area contributed by atoms with Crippen molar-refractivity contribution < 1.29 is 28.6 Å². The van der Waals surface area contributed by atoms with Crippen LogP contribution in [-0.2, 0) is 14.3 Å². The second-order valence-electron chi connectivity index (χ2n) is 8.72. The molecule has 2 aliphatic heterocycles. The summed E-state index contributed by atoms with van der Waals surface area (Å²) in [5.41, 5.74) is 0.990. The number of nitrogens with zero attached hydrogens (tertiary/aromatic N) is 2. The quantitative estimate of drug-likeness (QED) is 0.333. The Labute approximate surface area is 204 Å². The van der Waals surface area contributed by atoms with Crippen LogP contribution in [-0.4, -0.2) is 72.6 Å². The molecule has 1 atom stereocenters. The van der Waals surface area contributed by atoms with Gasteiger partial charge in [0, 0.05) is 31.7 Å². The summed E-state index contributed by atoms with van der Waals surface area (Å²) in [5.74, 6) is -1.46. The summed E-state index contributed by atoms with van der Waals surface area (Å²) in [7, 11) is 0. The average molecular weight is 483 g/mol. The van der Waals surface area contributed by atoms with Gasteiger partial charge in [0.15, 0.2) is 0 Å². The van der Waals surface area contributed by atoms with E-state index in [1.807, 2.05) is 19.1 Å². The van der Waals surface area contributed by atoms with Gasteiger partial charge in [0.25, 0.3) is 11.7 Å². The van der Waals surface area contributed by atoms with Crippen LogP contribution in [0.25, 0.3) is 5.76 Å². The summed E-state index contributed by atoms with van der Waals surface area (Å²) in [6.07, 6.45) is 1.56. The fourth-order valence-corrected chi connectivity index (χ4v) is 4.48. The zero-order chi connectivity index (χ0) is 24.8. The van der Waals surface area contributed by atoms with E-state index in [1.165, 1.54) is 29.2 Å². The van der Waals surface area contributed by atoms with Crippen LogP contribution >= 0.6 is 0 Å². The molecule has 2 aliphatic rings. The molecule has 1 amide bonds. The highest BCUT2D eigenvalue weighted by Gasteiger charge is 2.45. The number of hydrogen-bond donors (Lipinski definition) is 1. The lowest BCUT2D eigenvalue weighted by Gasteiger charge is -2.29. The molecule has 8 heteroatoms. The van der Waals surface area contributed by atoms with Crippen molar-refractivity contribution in [3.63, 3.8) is 0 Å². The second kappa shape index (κ2) is 11.5. The van der Waals surface area contributed by atoms with Crippen LogP contribution in [0.15, 0.2) is 54.1 Å². The number of ether oxygens (including phenoxy) is 2. The third kappa shape index (κ3) is 5.71. The van der Waals surface area contributed by atoms with Crippen molar-refractivity contribution in [2.24, 2.45) is 0 Å². The van der Waals surface area contributed by atoms with Gasteiger partial charge in [-0.1, -0.05) is 19.1 Å². The highest BCUT2D eigenvalue weighted by Crippen LogP contribution is 2.40. The number of ketones is 1. The summed E-state index contributed by atoms with van der Waals surface area (Å²) in [6.45, 7) is 6.81. The summed E-state index contributed by atoms with van der Waals surface area (Å²) >= 11 is 0. The molecule has 0 bridgehead atoms. The van der Waals surface area contributed by atoms with E-state index >= 15 is 0 Å². The van der Waals surface area contributed by atoms with Gasteiger partial charge in [-0.25, -0.2) is 4.39 Å². The average Bonchev–Trinajstić information content (AvgIpc) is 3.13. The minimum Gasteiger partial charge on any atom is -0.507 e. The molecule has 0 unspecified atom stereocenters. The zero-order valence-electron chi connectivity index (χ0n) is 19.9. The molecule has 1 N–H and O–H groups in total. The first-order valence-electron chi connectivity index (χ1n) is 12.1. The number of hydrogen-bond acceptors (Lipinski definition) is 6. The molecule has 0 spiro atoms. The molecule has 7 nitrogen and oxygen atoms in total. The third-order valence-electron chi connectivity index (χ3n) is 6.30. The second-order valence-corrected chi connectivity index (χ2v) is 8.72. The van der Waals surface area contributed by atoms with E-state index in [-0.39, 0.29) is 16.9 Å². The number of rotatable bonds is 9. The molecule has 2 fully saturated rings. The monoisotopic (exact) mass is 482 g/mol. The molecular formula is C27H31FN2O5. The van der Waals surface area contributed by atoms with Crippen LogP contribution in [0, 0.1) is 5.82 Å². The number of Topliss-reactive ketones (excluding diaryl/α,β-unsaturated/α-hetero) is 1. The molecule has 2 aromatic carbocycles. The molecule has 0 radical (unpaired) electrons. The molecule has 35 heavy (non-hydrogen) atoms.